The van der Waals surface area contributed by atoms with Gasteiger partial charge in [-0.2, -0.15) is 0 Å². The van der Waals surface area contributed by atoms with Gasteiger partial charge in [-0.25, -0.2) is 0 Å². The second kappa shape index (κ2) is 6.67. The average Bonchev–Trinajstić information content (AvgIpc) is 2.63. The van der Waals surface area contributed by atoms with Gasteiger partial charge >= 0.3 is 5.97 Å². The molecule has 0 saturated heterocycles. The summed E-state index contributed by atoms with van der Waals surface area (Å²) in [6.45, 7) is 0. The number of aliphatic carboxylic acids is 1. The van der Waals surface area contributed by atoms with Crippen LogP contribution >= 0.6 is 0 Å². The Balaban J connectivity index is 0.000000126. The quantitative estimate of drug-likeness (QED) is 0.771. The van der Waals surface area contributed by atoms with E-state index >= 15 is 0 Å². The molecule has 0 unspecified atom stereocenters. The van der Waals surface area contributed by atoms with Gasteiger partial charge in [-0.05, 0) is 67.4 Å². The van der Waals surface area contributed by atoms with Crippen LogP contribution in [0.1, 0.15) is 38.5 Å². The highest BCUT2D eigenvalue weighted by Gasteiger charge is 2.54. The van der Waals surface area contributed by atoms with E-state index < -0.39 is 5.97 Å². The van der Waals surface area contributed by atoms with E-state index in [4.69, 9.17) is 0 Å². The molecule has 0 atom stereocenters. The Bertz CT molecular complexity index is 647. The van der Waals surface area contributed by atoms with Crippen LogP contribution in [-0.2, 0) is 4.79 Å². The van der Waals surface area contributed by atoms with E-state index in [9.17, 15) is 9.90 Å². The minimum absolute atomic E-state index is 0.283. The van der Waals surface area contributed by atoms with Crippen LogP contribution in [0.15, 0.2) is 60.7 Å². The molecule has 130 valence electrons. The van der Waals surface area contributed by atoms with E-state index in [1.165, 1.54) is 30.4 Å². The van der Waals surface area contributed by atoms with Gasteiger partial charge in [-0.1, -0.05) is 60.7 Å². The number of carboxylic acids is 1. The van der Waals surface area contributed by atoms with Gasteiger partial charge in [0.2, 0.25) is 0 Å². The first-order valence-corrected chi connectivity index (χ1v) is 9.48. The summed E-state index contributed by atoms with van der Waals surface area (Å²) >= 11 is 0. The smallest absolute Gasteiger partial charge is 0.309 e. The molecule has 1 N–H and O–H groups in total. The highest BCUT2D eigenvalue weighted by atomic mass is 16.4. The predicted octanol–water partition coefficient (Wildman–Crippen LogP) is 5.64. The zero-order valence-electron chi connectivity index (χ0n) is 14.6. The molecule has 2 aromatic rings. The van der Waals surface area contributed by atoms with E-state index in [1.54, 1.807) is 0 Å². The highest BCUT2D eigenvalue weighted by Crippen LogP contribution is 2.59. The maximum atomic E-state index is 11.3. The highest BCUT2D eigenvalue weighted by molar-refractivity contribution is 5.75. The molecule has 2 heteroatoms. The fraction of sp³-hybridized carbons (Fsp3) is 0.435. The zero-order valence-corrected chi connectivity index (χ0v) is 14.6. The summed E-state index contributed by atoms with van der Waals surface area (Å²) in [7, 11) is 0. The Hall–Kier alpha value is -2.09. The average molecular weight is 334 g/mol. The Morgan fingerprint density at radius 2 is 1.08 bits per heavy atom. The number of benzene rings is 2. The van der Waals surface area contributed by atoms with Crippen molar-refractivity contribution in [2.24, 2.45) is 23.2 Å². The monoisotopic (exact) mass is 334 g/mol. The van der Waals surface area contributed by atoms with Gasteiger partial charge in [0, 0.05) is 0 Å². The third-order valence-electron chi connectivity index (χ3n) is 6.37. The molecule has 0 aromatic heterocycles. The van der Waals surface area contributed by atoms with Crippen molar-refractivity contribution < 1.29 is 9.90 Å². The van der Waals surface area contributed by atoms with Gasteiger partial charge in [0.15, 0.2) is 0 Å². The zero-order chi connectivity index (χ0) is 17.3. The molecule has 2 nitrogen and oxygen atoms in total. The molecule has 25 heavy (non-hydrogen) atoms. The van der Waals surface area contributed by atoms with Crippen LogP contribution in [-0.4, -0.2) is 11.1 Å². The fourth-order valence-electron chi connectivity index (χ4n) is 5.63. The van der Waals surface area contributed by atoms with Crippen LogP contribution < -0.4 is 0 Å². The van der Waals surface area contributed by atoms with Crippen molar-refractivity contribution in [2.45, 2.75) is 38.5 Å². The van der Waals surface area contributed by atoms with Crippen molar-refractivity contribution in [3.8, 4) is 11.1 Å². The normalized spacial score (nSPS) is 31.9. The van der Waals surface area contributed by atoms with Crippen LogP contribution in [0.4, 0.5) is 0 Å². The Labute approximate surface area is 149 Å². The summed E-state index contributed by atoms with van der Waals surface area (Å²) in [4.78, 5) is 11.3. The summed E-state index contributed by atoms with van der Waals surface area (Å²) < 4.78 is 0. The maximum absolute atomic E-state index is 11.3. The number of carboxylic acid groups (broad SMARTS) is 1. The van der Waals surface area contributed by atoms with E-state index in [0.717, 1.165) is 37.0 Å². The molecule has 6 rings (SSSR count). The standard InChI is InChI=1S/C12H10.C11H16O2/c1-3-7-11(8-4-1)12-9-5-2-6-10-12;12-10(13)11-4-7-1-8(5-11)3-9(2-7)6-11/h1-10H;7-9H,1-6H2,(H,12,13). The van der Waals surface area contributed by atoms with E-state index in [2.05, 4.69) is 48.5 Å². The van der Waals surface area contributed by atoms with Crippen molar-refractivity contribution in [1.82, 2.24) is 0 Å². The second-order valence-corrected chi connectivity index (χ2v) is 8.24. The molecular formula is C23H26O2. The molecule has 0 amide bonds. The molecule has 4 saturated carbocycles. The number of rotatable bonds is 2. The molecule has 4 fully saturated rings. The fourth-order valence-corrected chi connectivity index (χ4v) is 5.63. The largest absolute Gasteiger partial charge is 0.481 e. The minimum Gasteiger partial charge on any atom is -0.481 e. The molecule has 2 aromatic carbocycles. The van der Waals surface area contributed by atoms with Crippen LogP contribution in [0.25, 0.3) is 11.1 Å². The van der Waals surface area contributed by atoms with Crippen LogP contribution in [0.3, 0.4) is 0 Å². The van der Waals surface area contributed by atoms with E-state index in [0.29, 0.717) is 0 Å². The van der Waals surface area contributed by atoms with Crippen LogP contribution in [0, 0.1) is 23.2 Å². The van der Waals surface area contributed by atoms with Crippen molar-refractivity contribution in [1.29, 1.82) is 0 Å². The lowest BCUT2D eigenvalue weighted by molar-refractivity contribution is -0.164. The van der Waals surface area contributed by atoms with Gasteiger partial charge in [-0.3, -0.25) is 4.79 Å². The predicted molar refractivity (Wildman–Crippen MR) is 100 cm³/mol. The first-order valence-electron chi connectivity index (χ1n) is 9.48. The molecule has 0 radical (unpaired) electrons. The lowest BCUT2D eigenvalue weighted by Gasteiger charge is -2.54. The summed E-state index contributed by atoms with van der Waals surface area (Å²) in [6.07, 6.45) is 6.92. The summed E-state index contributed by atoms with van der Waals surface area (Å²) in [5.74, 6) is 1.75. The van der Waals surface area contributed by atoms with Gasteiger partial charge in [0.05, 0.1) is 5.41 Å². The summed E-state index contributed by atoms with van der Waals surface area (Å²) in [5.41, 5.74) is 2.27. The Morgan fingerprint density at radius 1 is 0.720 bits per heavy atom. The Kier molecular flexibility index (Phi) is 4.37. The lowest BCUT2D eigenvalue weighted by atomic mass is 9.49. The lowest BCUT2D eigenvalue weighted by Crippen LogP contribution is -2.49. The third-order valence-corrected chi connectivity index (χ3v) is 6.37. The van der Waals surface area contributed by atoms with Crippen LogP contribution in [0.2, 0.25) is 0 Å². The number of hydrogen-bond donors (Lipinski definition) is 1. The number of hydrogen-bond acceptors (Lipinski definition) is 1. The van der Waals surface area contributed by atoms with Crippen LogP contribution in [0.5, 0.6) is 0 Å². The van der Waals surface area contributed by atoms with Crippen molar-refractivity contribution in [2.75, 3.05) is 0 Å². The molecule has 4 bridgehead atoms. The molecule has 4 aliphatic carbocycles. The van der Waals surface area contributed by atoms with Gasteiger partial charge < -0.3 is 5.11 Å². The molecule has 0 aliphatic heterocycles. The SMILES string of the molecule is O=C(O)C12CC3CC(CC(C3)C1)C2.c1ccc(-c2ccccc2)cc1. The maximum Gasteiger partial charge on any atom is 0.309 e. The second-order valence-electron chi connectivity index (χ2n) is 8.24. The molecular weight excluding hydrogens is 308 g/mol. The van der Waals surface area contributed by atoms with E-state index in [-0.39, 0.29) is 5.41 Å². The molecule has 0 heterocycles. The van der Waals surface area contributed by atoms with Gasteiger partial charge in [0.25, 0.3) is 0 Å². The molecule has 0 spiro atoms. The summed E-state index contributed by atoms with van der Waals surface area (Å²) in [5, 5.41) is 9.28. The first-order chi connectivity index (χ1) is 12.1. The first kappa shape index (κ1) is 16.4. The van der Waals surface area contributed by atoms with E-state index in [1.807, 2.05) is 12.1 Å². The summed E-state index contributed by atoms with van der Waals surface area (Å²) in [6, 6.07) is 20.8. The van der Waals surface area contributed by atoms with Crippen molar-refractivity contribution >= 4 is 5.97 Å². The molecule has 4 aliphatic rings. The van der Waals surface area contributed by atoms with Crippen molar-refractivity contribution in [3.63, 3.8) is 0 Å². The third kappa shape index (κ3) is 3.35. The van der Waals surface area contributed by atoms with Gasteiger partial charge in [0.1, 0.15) is 0 Å². The number of carbonyl (C=O) groups is 1. The Morgan fingerprint density at radius 3 is 1.40 bits per heavy atom. The van der Waals surface area contributed by atoms with Crippen molar-refractivity contribution in [3.05, 3.63) is 60.7 Å². The minimum atomic E-state index is -0.508. The van der Waals surface area contributed by atoms with Gasteiger partial charge in [-0.15, -0.1) is 0 Å². The topological polar surface area (TPSA) is 37.3 Å².